The molecule has 2 amide bonds. The van der Waals surface area contributed by atoms with E-state index in [1.54, 1.807) is 37.0 Å². The molecule has 0 saturated heterocycles. The van der Waals surface area contributed by atoms with E-state index in [1.807, 2.05) is 49.4 Å². The number of carbonyl (C=O) groups is 1. The smallest absolute Gasteiger partial charge is 0.321 e. The summed E-state index contributed by atoms with van der Waals surface area (Å²) >= 11 is 0. The van der Waals surface area contributed by atoms with E-state index in [0.29, 0.717) is 24.6 Å². The van der Waals surface area contributed by atoms with Crippen LogP contribution in [0, 0.1) is 0 Å². The van der Waals surface area contributed by atoms with Crippen LogP contribution in [0.4, 0.5) is 10.7 Å². The Morgan fingerprint density at radius 3 is 2.83 bits per heavy atom. The molecule has 4 aromatic rings. The maximum atomic E-state index is 12.4. The van der Waals surface area contributed by atoms with Gasteiger partial charge in [0.25, 0.3) is 11.7 Å². The second kappa shape index (κ2) is 11.1. The van der Waals surface area contributed by atoms with Crippen molar-refractivity contribution in [3.05, 3.63) is 66.6 Å². The van der Waals surface area contributed by atoms with Crippen LogP contribution in [-0.4, -0.2) is 47.3 Å². The van der Waals surface area contributed by atoms with Gasteiger partial charge in [-0.25, -0.2) is 9.78 Å². The van der Waals surface area contributed by atoms with Gasteiger partial charge in [-0.15, -0.1) is 5.10 Å². The lowest BCUT2D eigenvalue weighted by Crippen LogP contribution is -2.36. The Kier molecular flexibility index (Phi) is 7.74. The van der Waals surface area contributed by atoms with Crippen LogP contribution in [0.5, 0.6) is 5.75 Å². The lowest BCUT2D eigenvalue weighted by Gasteiger charge is -2.19. The first-order valence-electron chi connectivity index (χ1n) is 11.9. The molecule has 0 unspecified atom stereocenters. The molecular weight excluding hydrogens is 458 g/mol. The van der Waals surface area contributed by atoms with E-state index in [1.165, 1.54) is 0 Å². The summed E-state index contributed by atoms with van der Waals surface area (Å²) in [6.45, 7) is 5.89. The van der Waals surface area contributed by atoms with Gasteiger partial charge in [-0.3, -0.25) is 10.3 Å². The van der Waals surface area contributed by atoms with Crippen LogP contribution >= 0.6 is 0 Å². The fourth-order valence-corrected chi connectivity index (χ4v) is 3.74. The fraction of sp³-hybridized carbons (Fsp3) is 0.346. The van der Waals surface area contributed by atoms with Crippen LogP contribution in [0.2, 0.25) is 0 Å². The molecule has 1 atom stereocenters. The van der Waals surface area contributed by atoms with Gasteiger partial charge in [-0.05, 0) is 64.3 Å². The molecule has 10 heteroatoms. The summed E-state index contributed by atoms with van der Waals surface area (Å²) in [5.74, 6) is 1.22. The number of rotatable bonds is 10. The second-order valence-corrected chi connectivity index (χ2v) is 9.36. The van der Waals surface area contributed by atoms with Gasteiger partial charge in [0.15, 0.2) is 0 Å². The van der Waals surface area contributed by atoms with E-state index < -0.39 is 11.6 Å². The number of nitrogens with one attached hydrogen (secondary N) is 2. The Hall–Kier alpha value is -4.05. The minimum atomic E-state index is -0.710. The van der Waals surface area contributed by atoms with Gasteiger partial charge in [-0.1, -0.05) is 18.2 Å². The Balaban J connectivity index is 1.42. The second-order valence-electron chi connectivity index (χ2n) is 9.36. The number of anilines is 1. The molecule has 0 bridgehead atoms. The maximum absolute atomic E-state index is 12.4. The van der Waals surface area contributed by atoms with Gasteiger partial charge in [0.1, 0.15) is 12.4 Å². The number of urea groups is 1. The monoisotopic (exact) mass is 489 g/mol. The summed E-state index contributed by atoms with van der Waals surface area (Å²) in [5.41, 5.74) is 1.89. The predicted molar refractivity (Wildman–Crippen MR) is 137 cm³/mol. The Morgan fingerprint density at radius 1 is 1.19 bits per heavy atom. The number of hydrogen-bond donors (Lipinski definition) is 3. The number of pyridine rings is 1. The molecular formula is C26H31N7O3. The van der Waals surface area contributed by atoms with Crippen molar-refractivity contribution in [3.63, 3.8) is 0 Å². The molecule has 3 aromatic heterocycles. The summed E-state index contributed by atoms with van der Waals surface area (Å²) in [6, 6.07) is 12.9. The van der Waals surface area contributed by atoms with Crippen molar-refractivity contribution in [1.29, 1.82) is 0 Å². The van der Waals surface area contributed by atoms with Gasteiger partial charge in [0.2, 0.25) is 0 Å². The average Bonchev–Trinajstić information content (AvgIpc) is 3.25. The van der Waals surface area contributed by atoms with Crippen molar-refractivity contribution < 1.29 is 14.6 Å². The zero-order valence-corrected chi connectivity index (χ0v) is 20.7. The number of hydrogen-bond acceptors (Lipinski definition) is 7. The predicted octanol–water partition coefficient (Wildman–Crippen LogP) is 4.22. The number of ether oxygens (including phenoxy) is 1. The number of nitrogens with zero attached hydrogens (tertiary/aromatic N) is 5. The van der Waals surface area contributed by atoms with Crippen molar-refractivity contribution in [3.8, 4) is 17.0 Å². The molecule has 4 rings (SSSR count). The third-order valence-corrected chi connectivity index (χ3v) is 5.53. The maximum Gasteiger partial charge on any atom is 0.321 e. The molecule has 0 aliphatic rings. The van der Waals surface area contributed by atoms with Crippen LogP contribution < -0.4 is 15.4 Å². The van der Waals surface area contributed by atoms with Crippen LogP contribution in [0.15, 0.2) is 61.1 Å². The van der Waals surface area contributed by atoms with Gasteiger partial charge in [0, 0.05) is 35.8 Å². The Morgan fingerprint density at radius 2 is 2.06 bits per heavy atom. The summed E-state index contributed by atoms with van der Waals surface area (Å²) in [5, 5.41) is 19.8. The van der Waals surface area contributed by atoms with E-state index in [2.05, 4.69) is 30.7 Å². The number of amides is 2. The third kappa shape index (κ3) is 6.98. The van der Waals surface area contributed by atoms with Gasteiger partial charge >= 0.3 is 6.03 Å². The van der Waals surface area contributed by atoms with Crippen molar-refractivity contribution in [2.75, 3.05) is 5.32 Å². The molecule has 0 radical (unpaired) electrons. The van der Waals surface area contributed by atoms with Crippen molar-refractivity contribution >= 4 is 17.8 Å². The third-order valence-electron chi connectivity index (χ3n) is 5.53. The molecule has 0 aliphatic heterocycles. The minimum Gasteiger partial charge on any atom is -0.489 e. The molecule has 10 nitrogen and oxygen atoms in total. The van der Waals surface area contributed by atoms with E-state index >= 15 is 0 Å². The highest BCUT2D eigenvalue weighted by atomic mass is 16.5. The standard InChI is InChI=1S/C26H31N7O3/c1-18(7-5-12-26(2,3)35)29-25(34)31-23-30-24-28-14-11-22(33(24)32-23)20-9-4-10-21(15-20)36-17-19-8-6-13-27-16-19/h4,6,8-11,13-16,18,35H,5,7,12,17H2,1-3H3,(H2,29,31,32,34)/t18-/m0/s1. The first kappa shape index (κ1) is 25.1. The number of aromatic nitrogens is 5. The SMILES string of the molecule is C[C@@H](CCCC(C)(C)O)NC(=O)Nc1nc2nccc(-c3cccc(OCc4cccnc4)c3)n2n1. The summed E-state index contributed by atoms with van der Waals surface area (Å²) in [6.07, 6.45) is 7.36. The van der Waals surface area contributed by atoms with Crippen LogP contribution in [0.25, 0.3) is 17.0 Å². The molecule has 0 fully saturated rings. The highest BCUT2D eigenvalue weighted by Crippen LogP contribution is 2.25. The molecule has 0 spiro atoms. The normalized spacial score (nSPS) is 12.3. The zero-order valence-electron chi connectivity index (χ0n) is 20.7. The molecule has 1 aromatic carbocycles. The molecule has 3 N–H and O–H groups in total. The lowest BCUT2D eigenvalue weighted by molar-refractivity contribution is 0.0676. The fourth-order valence-electron chi connectivity index (χ4n) is 3.74. The van der Waals surface area contributed by atoms with Crippen LogP contribution in [0.3, 0.4) is 0 Å². The molecule has 188 valence electrons. The van der Waals surface area contributed by atoms with E-state index in [9.17, 15) is 9.90 Å². The van der Waals surface area contributed by atoms with Crippen LogP contribution in [0.1, 0.15) is 45.6 Å². The van der Waals surface area contributed by atoms with E-state index in [0.717, 1.165) is 29.7 Å². The number of fused-ring (bicyclic) bond motifs is 1. The zero-order chi connectivity index (χ0) is 25.5. The molecule has 3 heterocycles. The van der Waals surface area contributed by atoms with E-state index in [-0.39, 0.29) is 12.0 Å². The number of aliphatic hydroxyl groups is 1. The largest absolute Gasteiger partial charge is 0.489 e. The number of benzene rings is 1. The minimum absolute atomic E-state index is 0.0625. The highest BCUT2D eigenvalue weighted by molar-refractivity contribution is 5.87. The van der Waals surface area contributed by atoms with Crippen LogP contribution in [-0.2, 0) is 6.61 Å². The van der Waals surface area contributed by atoms with Crippen molar-refractivity contribution in [2.24, 2.45) is 0 Å². The number of carbonyl (C=O) groups excluding carboxylic acids is 1. The topological polar surface area (TPSA) is 127 Å². The lowest BCUT2D eigenvalue weighted by atomic mass is 10.00. The quantitative estimate of drug-likeness (QED) is 0.304. The summed E-state index contributed by atoms with van der Waals surface area (Å²) < 4.78 is 7.51. The Bertz CT molecular complexity index is 1300. The van der Waals surface area contributed by atoms with Gasteiger partial charge in [-0.2, -0.15) is 9.50 Å². The van der Waals surface area contributed by atoms with Crippen molar-refractivity contribution in [1.82, 2.24) is 29.9 Å². The van der Waals surface area contributed by atoms with E-state index in [4.69, 9.17) is 4.74 Å². The summed E-state index contributed by atoms with van der Waals surface area (Å²) in [7, 11) is 0. The van der Waals surface area contributed by atoms with Crippen molar-refractivity contribution in [2.45, 2.75) is 58.3 Å². The first-order chi connectivity index (χ1) is 17.3. The van der Waals surface area contributed by atoms with Gasteiger partial charge in [0.05, 0.1) is 11.3 Å². The first-order valence-corrected chi connectivity index (χ1v) is 11.9. The van der Waals surface area contributed by atoms with Gasteiger partial charge < -0.3 is 15.2 Å². The average molecular weight is 490 g/mol. The highest BCUT2D eigenvalue weighted by Gasteiger charge is 2.16. The molecule has 0 saturated carbocycles. The Labute approximate surface area is 209 Å². The summed E-state index contributed by atoms with van der Waals surface area (Å²) in [4.78, 5) is 25.2. The molecule has 36 heavy (non-hydrogen) atoms. The molecule has 0 aliphatic carbocycles.